The molecule has 1 aromatic carbocycles. The van der Waals surface area contributed by atoms with Crippen molar-refractivity contribution < 1.29 is 8.42 Å². The lowest BCUT2D eigenvalue weighted by atomic mass is 10.2. The van der Waals surface area contributed by atoms with Gasteiger partial charge in [0.1, 0.15) is 0 Å². The van der Waals surface area contributed by atoms with Gasteiger partial charge in [-0.05, 0) is 18.6 Å². The molecule has 2 rings (SSSR count). The largest absolute Gasteiger partial charge is 0.375 e. The van der Waals surface area contributed by atoms with Gasteiger partial charge in [-0.1, -0.05) is 18.2 Å². The maximum Gasteiger partial charge on any atom is 0.240 e. The molecule has 0 amide bonds. The molecule has 3 N–H and O–H groups in total. The van der Waals surface area contributed by atoms with Crippen LogP contribution < -0.4 is 10.5 Å². The lowest BCUT2D eigenvalue weighted by molar-refractivity contribution is 0.581. The van der Waals surface area contributed by atoms with Crippen molar-refractivity contribution in [1.82, 2.24) is 9.71 Å². The minimum absolute atomic E-state index is 0.305. The van der Waals surface area contributed by atoms with E-state index in [4.69, 9.17) is 5.73 Å². The lowest BCUT2D eigenvalue weighted by Crippen LogP contribution is -2.26. The number of nitrogens with one attached hydrogen (secondary N) is 1. The van der Waals surface area contributed by atoms with Gasteiger partial charge < -0.3 is 5.73 Å². The molecule has 102 valence electrons. The van der Waals surface area contributed by atoms with Gasteiger partial charge in [-0.3, -0.25) is 0 Å². The standard InChI is InChI=1S/C12H15N3O2S2/c1-9-4-2-3-5-11(9)19(16,17)14-7-6-10-8-18-12(13)15-10/h2-5,8,14H,6-7H2,1H3,(H2,13,15). The number of rotatable bonds is 5. The first-order valence-corrected chi connectivity index (χ1v) is 8.10. The van der Waals surface area contributed by atoms with Crippen molar-refractivity contribution in [3.05, 3.63) is 40.9 Å². The van der Waals surface area contributed by atoms with Crippen LogP contribution in [0.3, 0.4) is 0 Å². The van der Waals surface area contributed by atoms with E-state index in [1.165, 1.54) is 11.3 Å². The van der Waals surface area contributed by atoms with Crippen LogP contribution in [0.5, 0.6) is 0 Å². The predicted molar refractivity (Wildman–Crippen MR) is 76.6 cm³/mol. The molecule has 19 heavy (non-hydrogen) atoms. The van der Waals surface area contributed by atoms with Crippen LogP contribution >= 0.6 is 11.3 Å². The van der Waals surface area contributed by atoms with Gasteiger partial charge in [-0.25, -0.2) is 18.1 Å². The molecule has 0 atom stereocenters. The summed E-state index contributed by atoms with van der Waals surface area (Å²) in [5, 5.41) is 2.33. The summed E-state index contributed by atoms with van der Waals surface area (Å²) in [6.45, 7) is 2.08. The number of nitrogens with zero attached hydrogens (tertiary/aromatic N) is 1. The van der Waals surface area contributed by atoms with Gasteiger partial charge in [0.25, 0.3) is 0 Å². The summed E-state index contributed by atoms with van der Waals surface area (Å²) in [5.74, 6) is 0. The lowest BCUT2D eigenvalue weighted by Gasteiger charge is -2.08. The van der Waals surface area contributed by atoms with E-state index in [0.29, 0.717) is 23.0 Å². The number of aromatic nitrogens is 1. The molecule has 7 heteroatoms. The Morgan fingerprint density at radius 3 is 2.74 bits per heavy atom. The highest BCUT2D eigenvalue weighted by molar-refractivity contribution is 7.89. The first-order chi connectivity index (χ1) is 8.99. The van der Waals surface area contributed by atoms with Gasteiger partial charge in [0.05, 0.1) is 10.6 Å². The molecular weight excluding hydrogens is 282 g/mol. The summed E-state index contributed by atoms with van der Waals surface area (Å²) in [6.07, 6.45) is 0.527. The molecule has 0 aliphatic rings. The Balaban J connectivity index is 2.01. The maximum atomic E-state index is 12.1. The predicted octanol–water partition coefficient (Wildman–Crippen LogP) is 1.55. The van der Waals surface area contributed by atoms with Crippen LogP contribution in [-0.4, -0.2) is 19.9 Å². The minimum Gasteiger partial charge on any atom is -0.375 e. The first-order valence-electron chi connectivity index (χ1n) is 5.74. The van der Waals surface area contributed by atoms with E-state index in [1.807, 2.05) is 11.4 Å². The summed E-state index contributed by atoms with van der Waals surface area (Å²) in [4.78, 5) is 4.39. The molecule has 0 spiro atoms. The highest BCUT2D eigenvalue weighted by atomic mass is 32.2. The van der Waals surface area contributed by atoms with E-state index in [0.717, 1.165) is 11.3 Å². The molecule has 5 nitrogen and oxygen atoms in total. The van der Waals surface area contributed by atoms with Crippen LogP contribution in [0, 0.1) is 6.92 Å². The van der Waals surface area contributed by atoms with Gasteiger partial charge in [0, 0.05) is 18.3 Å². The van der Waals surface area contributed by atoms with Crippen molar-refractivity contribution in [2.45, 2.75) is 18.2 Å². The summed E-state index contributed by atoms with van der Waals surface area (Å²) >= 11 is 1.35. The van der Waals surface area contributed by atoms with Crippen LogP contribution in [0.4, 0.5) is 5.13 Å². The quantitative estimate of drug-likeness (QED) is 0.877. The van der Waals surface area contributed by atoms with Crippen molar-refractivity contribution in [1.29, 1.82) is 0 Å². The summed E-state index contributed by atoms with van der Waals surface area (Å²) < 4.78 is 26.8. The third-order valence-electron chi connectivity index (χ3n) is 2.63. The Morgan fingerprint density at radius 1 is 1.37 bits per heavy atom. The normalized spacial score (nSPS) is 11.6. The molecule has 0 saturated carbocycles. The highest BCUT2D eigenvalue weighted by Gasteiger charge is 2.15. The molecule has 0 radical (unpaired) electrons. The first kappa shape index (κ1) is 14.0. The van der Waals surface area contributed by atoms with E-state index in [-0.39, 0.29) is 0 Å². The third-order valence-corrected chi connectivity index (χ3v) is 4.97. The average Bonchev–Trinajstić information content (AvgIpc) is 2.75. The van der Waals surface area contributed by atoms with E-state index >= 15 is 0 Å². The number of benzene rings is 1. The molecule has 0 fully saturated rings. The number of sulfonamides is 1. The van der Waals surface area contributed by atoms with Crippen molar-refractivity contribution >= 4 is 26.5 Å². The SMILES string of the molecule is Cc1ccccc1S(=O)(=O)NCCc1csc(N)n1. The number of nitrogen functional groups attached to an aromatic ring is 1. The maximum absolute atomic E-state index is 12.1. The van der Waals surface area contributed by atoms with Crippen molar-refractivity contribution in [2.24, 2.45) is 0 Å². The molecule has 0 aliphatic heterocycles. The number of anilines is 1. The summed E-state index contributed by atoms with van der Waals surface area (Å²) in [7, 11) is -3.46. The summed E-state index contributed by atoms with van der Waals surface area (Å²) in [6, 6.07) is 6.89. The second kappa shape index (κ2) is 5.68. The zero-order chi connectivity index (χ0) is 13.9. The highest BCUT2D eigenvalue weighted by Crippen LogP contribution is 2.14. The zero-order valence-electron chi connectivity index (χ0n) is 10.5. The number of thiazole rings is 1. The molecule has 0 unspecified atom stereocenters. The van der Waals surface area contributed by atoms with Gasteiger partial charge >= 0.3 is 0 Å². The fraction of sp³-hybridized carbons (Fsp3) is 0.250. The molecule has 1 aromatic heterocycles. The molecule has 1 heterocycles. The van der Waals surface area contributed by atoms with Crippen molar-refractivity contribution in [2.75, 3.05) is 12.3 Å². The van der Waals surface area contributed by atoms with E-state index in [2.05, 4.69) is 9.71 Å². The van der Waals surface area contributed by atoms with Gasteiger partial charge in [-0.15, -0.1) is 11.3 Å². The smallest absolute Gasteiger partial charge is 0.240 e. The number of aryl methyl sites for hydroxylation is 1. The van der Waals surface area contributed by atoms with Crippen LogP contribution in [-0.2, 0) is 16.4 Å². The minimum atomic E-state index is -3.46. The van der Waals surface area contributed by atoms with Crippen LogP contribution in [0.25, 0.3) is 0 Å². The monoisotopic (exact) mass is 297 g/mol. The molecule has 2 aromatic rings. The number of hydrogen-bond acceptors (Lipinski definition) is 5. The fourth-order valence-electron chi connectivity index (χ4n) is 1.69. The third kappa shape index (κ3) is 3.52. The molecular formula is C12H15N3O2S2. The van der Waals surface area contributed by atoms with E-state index in [9.17, 15) is 8.42 Å². The topological polar surface area (TPSA) is 85.1 Å². The average molecular weight is 297 g/mol. The van der Waals surface area contributed by atoms with Crippen molar-refractivity contribution in [3.8, 4) is 0 Å². The van der Waals surface area contributed by atoms with Crippen LogP contribution in [0.15, 0.2) is 34.5 Å². The van der Waals surface area contributed by atoms with Gasteiger partial charge in [0.2, 0.25) is 10.0 Å². The molecule has 0 saturated heterocycles. The number of hydrogen-bond donors (Lipinski definition) is 2. The second-order valence-corrected chi connectivity index (χ2v) is 6.72. The number of nitrogens with two attached hydrogens (primary N) is 1. The Labute approximate surface area is 116 Å². The Hall–Kier alpha value is -1.44. The zero-order valence-corrected chi connectivity index (χ0v) is 12.1. The Morgan fingerprint density at radius 2 is 2.11 bits per heavy atom. The van der Waals surface area contributed by atoms with Crippen molar-refractivity contribution in [3.63, 3.8) is 0 Å². The second-order valence-electron chi connectivity index (χ2n) is 4.09. The molecule has 0 aliphatic carbocycles. The van der Waals surface area contributed by atoms with E-state index < -0.39 is 10.0 Å². The molecule has 0 bridgehead atoms. The Bertz CT molecular complexity index is 665. The fourth-order valence-corrected chi connectivity index (χ4v) is 3.56. The van der Waals surface area contributed by atoms with Gasteiger partial charge in [0.15, 0.2) is 5.13 Å². The van der Waals surface area contributed by atoms with Crippen LogP contribution in [0.1, 0.15) is 11.3 Å². The van der Waals surface area contributed by atoms with E-state index in [1.54, 1.807) is 25.1 Å². The van der Waals surface area contributed by atoms with Gasteiger partial charge in [-0.2, -0.15) is 0 Å². The Kier molecular flexibility index (Phi) is 4.18. The van der Waals surface area contributed by atoms with Crippen LogP contribution in [0.2, 0.25) is 0 Å². The summed E-state index contributed by atoms with van der Waals surface area (Å²) in [5.41, 5.74) is 7.05.